The first-order valence-electron chi connectivity index (χ1n) is 5.08. The van der Waals surface area contributed by atoms with Crippen LogP contribution >= 0.6 is 0 Å². The molecule has 0 bridgehead atoms. The molecule has 0 radical (unpaired) electrons. The molecule has 0 fully saturated rings. The summed E-state index contributed by atoms with van der Waals surface area (Å²) in [5.41, 5.74) is 0.397. The molecule has 0 aromatic heterocycles. The number of halogens is 3. The van der Waals surface area contributed by atoms with Crippen LogP contribution in [0.4, 0.5) is 13.2 Å². The zero-order valence-electron chi connectivity index (χ0n) is 8.97. The summed E-state index contributed by atoms with van der Waals surface area (Å²) in [5, 5.41) is 3.00. The summed E-state index contributed by atoms with van der Waals surface area (Å²) >= 11 is 0. The Labute approximate surface area is 92.4 Å². The van der Waals surface area contributed by atoms with Crippen molar-refractivity contribution in [1.82, 2.24) is 5.32 Å². The molecule has 5 heteroatoms. The van der Waals surface area contributed by atoms with Crippen LogP contribution in [0.15, 0.2) is 18.2 Å². The molecule has 2 nitrogen and oxygen atoms in total. The zero-order valence-corrected chi connectivity index (χ0v) is 8.97. The summed E-state index contributed by atoms with van der Waals surface area (Å²) in [5.74, 6) is -1.14. The van der Waals surface area contributed by atoms with E-state index in [9.17, 15) is 13.2 Å². The van der Waals surface area contributed by atoms with Crippen LogP contribution in [0.25, 0.3) is 0 Å². The molecule has 0 atom stereocenters. The highest BCUT2D eigenvalue weighted by Gasteiger charge is 2.13. The Bertz CT molecular complexity index is 331. The van der Waals surface area contributed by atoms with Crippen molar-refractivity contribution in [3.8, 4) is 5.75 Å². The van der Waals surface area contributed by atoms with Gasteiger partial charge in [-0.3, -0.25) is 0 Å². The molecule has 90 valence electrons. The Hall–Kier alpha value is -1.23. The Balaban J connectivity index is 2.76. The highest BCUT2D eigenvalue weighted by atomic mass is 19.3. The van der Waals surface area contributed by atoms with Crippen molar-refractivity contribution < 1.29 is 17.9 Å². The van der Waals surface area contributed by atoms with E-state index in [1.807, 2.05) is 6.92 Å². The number of ether oxygens (including phenoxy) is 1. The summed E-state index contributed by atoms with van der Waals surface area (Å²) in [7, 11) is 0. The number of nitrogens with one attached hydrogen (secondary N) is 1. The van der Waals surface area contributed by atoms with Gasteiger partial charge in [0.05, 0.1) is 0 Å². The number of alkyl halides is 2. The lowest BCUT2D eigenvalue weighted by Crippen LogP contribution is -2.16. The van der Waals surface area contributed by atoms with E-state index in [0.717, 1.165) is 19.0 Å². The van der Waals surface area contributed by atoms with Crippen molar-refractivity contribution in [3.05, 3.63) is 29.6 Å². The van der Waals surface area contributed by atoms with Gasteiger partial charge in [-0.2, -0.15) is 8.78 Å². The van der Waals surface area contributed by atoms with Crippen molar-refractivity contribution >= 4 is 0 Å². The maximum absolute atomic E-state index is 13.2. The molecule has 0 saturated heterocycles. The van der Waals surface area contributed by atoms with Gasteiger partial charge in [-0.25, -0.2) is 4.39 Å². The molecular formula is C11H14F3NO. The van der Waals surface area contributed by atoms with Gasteiger partial charge in [0.1, 0.15) is 0 Å². The summed E-state index contributed by atoms with van der Waals surface area (Å²) in [6.45, 7) is 0.0230. The number of para-hydroxylation sites is 1. The second-order valence-electron chi connectivity index (χ2n) is 3.28. The van der Waals surface area contributed by atoms with Gasteiger partial charge in [0.15, 0.2) is 11.6 Å². The molecule has 0 spiro atoms. The Kier molecular flexibility index (Phi) is 5.11. The second kappa shape index (κ2) is 6.37. The lowest BCUT2D eigenvalue weighted by Gasteiger charge is -2.11. The van der Waals surface area contributed by atoms with Gasteiger partial charge < -0.3 is 10.1 Å². The van der Waals surface area contributed by atoms with E-state index < -0.39 is 12.4 Å². The molecule has 0 unspecified atom stereocenters. The normalized spacial score (nSPS) is 10.8. The van der Waals surface area contributed by atoms with Crippen LogP contribution in [0.5, 0.6) is 5.75 Å². The van der Waals surface area contributed by atoms with Gasteiger partial charge in [-0.15, -0.1) is 0 Å². The molecule has 16 heavy (non-hydrogen) atoms. The Morgan fingerprint density at radius 2 is 2.12 bits per heavy atom. The van der Waals surface area contributed by atoms with E-state index in [-0.39, 0.29) is 5.75 Å². The predicted octanol–water partition coefficient (Wildman–Crippen LogP) is 2.93. The largest absolute Gasteiger partial charge is 0.431 e. The van der Waals surface area contributed by atoms with Crippen LogP contribution < -0.4 is 10.1 Å². The van der Waals surface area contributed by atoms with Crippen molar-refractivity contribution in [2.24, 2.45) is 0 Å². The molecule has 0 aliphatic carbocycles. The molecule has 0 saturated carbocycles. The predicted molar refractivity (Wildman–Crippen MR) is 55.0 cm³/mol. The summed E-state index contributed by atoms with van der Waals surface area (Å²) in [4.78, 5) is 0. The number of rotatable bonds is 6. The van der Waals surface area contributed by atoms with Crippen LogP contribution in [0.2, 0.25) is 0 Å². The molecule has 0 amide bonds. The third-order valence-electron chi connectivity index (χ3n) is 2.00. The summed E-state index contributed by atoms with van der Waals surface area (Å²) in [6.07, 6.45) is 0.917. The smallest absolute Gasteiger partial charge is 0.387 e. The van der Waals surface area contributed by atoms with Crippen molar-refractivity contribution in [2.45, 2.75) is 26.5 Å². The third kappa shape index (κ3) is 3.73. The maximum Gasteiger partial charge on any atom is 0.387 e. The van der Waals surface area contributed by atoms with Crippen molar-refractivity contribution in [3.63, 3.8) is 0 Å². The molecule has 0 aliphatic rings. The minimum atomic E-state index is -3.01. The molecule has 1 N–H and O–H groups in total. The van der Waals surface area contributed by atoms with Crippen molar-refractivity contribution in [1.29, 1.82) is 0 Å². The lowest BCUT2D eigenvalue weighted by molar-refractivity contribution is -0.0528. The lowest BCUT2D eigenvalue weighted by atomic mass is 10.2. The maximum atomic E-state index is 13.2. The monoisotopic (exact) mass is 233 g/mol. The van der Waals surface area contributed by atoms with Gasteiger partial charge in [0.25, 0.3) is 0 Å². The van der Waals surface area contributed by atoms with E-state index in [1.165, 1.54) is 6.07 Å². The second-order valence-corrected chi connectivity index (χ2v) is 3.28. The molecule has 0 heterocycles. The van der Waals surface area contributed by atoms with Crippen LogP contribution in [-0.2, 0) is 6.54 Å². The Morgan fingerprint density at radius 3 is 2.75 bits per heavy atom. The van der Waals surface area contributed by atoms with Gasteiger partial charge in [-0.05, 0) is 19.0 Å². The van der Waals surface area contributed by atoms with E-state index in [2.05, 4.69) is 10.1 Å². The van der Waals surface area contributed by atoms with Crippen LogP contribution in [-0.4, -0.2) is 13.2 Å². The van der Waals surface area contributed by atoms with Crippen LogP contribution in [0.1, 0.15) is 18.9 Å². The minimum Gasteiger partial charge on any atom is -0.431 e. The quantitative estimate of drug-likeness (QED) is 0.763. The Morgan fingerprint density at radius 1 is 1.38 bits per heavy atom. The van der Waals surface area contributed by atoms with E-state index in [4.69, 9.17) is 0 Å². The number of hydrogen-bond donors (Lipinski definition) is 1. The van der Waals surface area contributed by atoms with E-state index >= 15 is 0 Å². The fourth-order valence-corrected chi connectivity index (χ4v) is 1.31. The highest BCUT2D eigenvalue weighted by molar-refractivity contribution is 5.34. The first-order valence-corrected chi connectivity index (χ1v) is 5.08. The van der Waals surface area contributed by atoms with Crippen LogP contribution in [0.3, 0.4) is 0 Å². The number of benzene rings is 1. The van der Waals surface area contributed by atoms with Gasteiger partial charge in [-0.1, -0.05) is 19.1 Å². The molecular weight excluding hydrogens is 219 g/mol. The third-order valence-corrected chi connectivity index (χ3v) is 2.00. The summed E-state index contributed by atoms with van der Waals surface area (Å²) in [6, 6.07) is 4.13. The minimum absolute atomic E-state index is 0.313. The first kappa shape index (κ1) is 12.8. The molecule has 1 aromatic carbocycles. The molecule has 1 aromatic rings. The SMILES string of the molecule is CCCNCc1cccc(F)c1OC(F)F. The van der Waals surface area contributed by atoms with Gasteiger partial charge in [0.2, 0.25) is 0 Å². The highest BCUT2D eigenvalue weighted by Crippen LogP contribution is 2.24. The standard InChI is InChI=1S/C11H14F3NO/c1-2-6-15-7-8-4-3-5-9(12)10(8)16-11(13)14/h3-5,11,15H,2,6-7H2,1H3. The average molecular weight is 233 g/mol. The average Bonchev–Trinajstić information content (AvgIpc) is 2.23. The number of hydrogen-bond acceptors (Lipinski definition) is 2. The van der Waals surface area contributed by atoms with Crippen LogP contribution in [0, 0.1) is 5.82 Å². The first-order chi connectivity index (χ1) is 7.65. The van der Waals surface area contributed by atoms with Gasteiger partial charge >= 0.3 is 6.61 Å². The van der Waals surface area contributed by atoms with E-state index in [1.54, 1.807) is 6.07 Å². The molecule has 1 rings (SSSR count). The van der Waals surface area contributed by atoms with Gasteiger partial charge in [0, 0.05) is 12.1 Å². The van der Waals surface area contributed by atoms with E-state index in [0.29, 0.717) is 12.1 Å². The fourth-order valence-electron chi connectivity index (χ4n) is 1.31. The fraction of sp³-hybridized carbons (Fsp3) is 0.455. The topological polar surface area (TPSA) is 21.3 Å². The molecule has 0 aliphatic heterocycles. The zero-order chi connectivity index (χ0) is 12.0. The van der Waals surface area contributed by atoms with Crippen molar-refractivity contribution in [2.75, 3.05) is 6.54 Å². The summed E-state index contributed by atoms with van der Waals surface area (Å²) < 4.78 is 41.5.